The lowest BCUT2D eigenvalue weighted by Crippen LogP contribution is -2.17. The minimum Gasteiger partial charge on any atom is -0.336 e. The molecule has 0 unspecified atom stereocenters. The normalized spacial score (nSPS) is 11.5. The second-order valence-electron chi connectivity index (χ2n) is 8.59. The van der Waals surface area contributed by atoms with Crippen molar-refractivity contribution in [1.29, 1.82) is 0 Å². The lowest BCUT2D eigenvalue weighted by Gasteiger charge is -2.09. The second kappa shape index (κ2) is 8.44. The number of aromatic nitrogens is 6. The molecule has 35 heavy (non-hydrogen) atoms. The van der Waals surface area contributed by atoms with Crippen LogP contribution < -0.4 is 5.32 Å². The average molecular weight is 480 g/mol. The molecule has 0 aliphatic heterocycles. The molecule has 5 heterocycles. The summed E-state index contributed by atoms with van der Waals surface area (Å²) in [6, 6.07) is 11.9. The SMILES string of the molecule is CC(C)C(=O)Nc1cncc(-c2ccc3[nH]nc(-c4nc5c(-c6ccsc6)nccc5[nH]4)c3c2)c1. The molecule has 172 valence electrons. The molecule has 0 spiro atoms. The Hall–Kier alpha value is -4.37. The predicted molar refractivity (Wildman–Crippen MR) is 139 cm³/mol. The molecule has 6 rings (SSSR count). The summed E-state index contributed by atoms with van der Waals surface area (Å²) in [6.45, 7) is 3.72. The number of carbonyl (C=O) groups is 1. The lowest BCUT2D eigenvalue weighted by atomic mass is 10.0. The number of aromatic amines is 2. The number of nitrogens with one attached hydrogen (secondary N) is 3. The van der Waals surface area contributed by atoms with Crippen molar-refractivity contribution in [1.82, 2.24) is 30.1 Å². The zero-order valence-electron chi connectivity index (χ0n) is 19.0. The number of benzene rings is 1. The molecule has 8 nitrogen and oxygen atoms in total. The van der Waals surface area contributed by atoms with E-state index < -0.39 is 0 Å². The van der Waals surface area contributed by atoms with Crippen LogP contribution in [0.1, 0.15) is 13.8 Å². The van der Waals surface area contributed by atoms with Crippen LogP contribution in [0.2, 0.25) is 0 Å². The Bertz CT molecular complexity index is 1680. The maximum Gasteiger partial charge on any atom is 0.226 e. The highest BCUT2D eigenvalue weighted by Gasteiger charge is 2.17. The number of fused-ring (bicyclic) bond motifs is 2. The summed E-state index contributed by atoms with van der Waals surface area (Å²) in [7, 11) is 0. The number of thiophene rings is 1. The first-order valence-electron chi connectivity index (χ1n) is 11.2. The van der Waals surface area contributed by atoms with Gasteiger partial charge < -0.3 is 10.3 Å². The molecule has 3 N–H and O–H groups in total. The number of anilines is 1. The van der Waals surface area contributed by atoms with Gasteiger partial charge >= 0.3 is 0 Å². The Morgan fingerprint density at radius 3 is 2.74 bits per heavy atom. The van der Waals surface area contributed by atoms with Crippen molar-refractivity contribution in [3.8, 4) is 33.9 Å². The molecule has 6 aromatic rings. The molecular formula is C26H21N7OS. The summed E-state index contributed by atoms with van der Waals surface area (Å²) < 4.78 is 0. The Kier molecular flexibility index (Phi) is 5.11. The highest BCUT2D eigenvalue weighted by molar-refractivity contribution is 7.08. The van der Waals surface area contributed by atoms with Crippen molar-refractivity contribution in [2.24, 2.45) is 5.92 Å². The number of imidazole rings is 1. The van der Waals surface area contributed by atoms with Crippen LogP contribution in [0.3, 0.4) is 0 Å². The fourth-order valence-corrected chi connectivity index (χ4v) is 4.63. The van der Waals surface area contributed by atoms with E-state index >= 15 is 0 Å². The largest absolute Gasteiger partial charge is 0.336 e. The molecule has 5 aromatic heterocycles. The van der Waals surface area contributed by atoms with Gasteiger partial charge in [0.25, 0.3) is 0 Å². The van der Waals surface area contributed by atoms with Crippen LogP contribution in [0.4, 0.5) is 5.69 Å². The quantitative estimate of drug-likeness (QED) is 0.286. The molecule has 1 aromatic carbocycles. The molecule has 9 heteroatoms. The van der Waals surface area contributed by atoms with Gasteiger partial charge in [-0.25, -0.2) is 4.98 Å². The van der Waals surface area contributed by atoms with E-state index in [0.29, 0.717) is 11.5 Å². The minimum absolute atomic E-state index is 0.0438. The molecule has 0 fully saturated rings. The van der Waals surface area contributed by atoms with Crippen molar-refractivity contribution in [2.75, 3.05) is 5.32 Å². The smallest absolute Gasteiger partial charge is 0.226 e. The maximum atomic E-state index is 12.1. The van der Waals surface area contributed by atoms with E-state index in [1.807, 2.05) is 49.6 Å². The predicted octanol–water partition coefficient (Wildman–Crippen LogP) is 5.89. The Labute approximate surface area is 204 Å². The van der Waals surface area contributed by atoms with Gasteiger partial charge in [-0.1, -0.05) is 19.9 Å². The van der Waals surface area contributed by atoms with E-state index in [1.54, 1.807) is 29.9 Å². The summed E-state index contributed by atoms with van der Waals surface area (Å²) in [6.07, 6.45) is 5.22. The number of amides is 1. The van der Waals surface area contributed by atoms with E-state index in [-0.39, 0.29) is 11.8 Å². The third-order valence-electron chi connectivity index (χ3n) is 5.85. The highest BCUT2D eigenvalue weighted by atomic mass is 32.1. The summed E-state index contributed by atoms with van der Waals surface area (Å²) in [4.78, 5) is 29.3. The number of nitrogens with zero attached hydrogens (tertiary/aromatic N) is 4. The van der Waals surface area contributed by atoms with Gasteiger partial charge in [-0.3, -0.25) is 19.9 Å². The molecule has 0 aliphatic rings. The third kappa shape index (κ3) is 3.85. The molecule has 0 aliphatic carbocycles. The van der Waals surface area contributed by atoms with Gasteiger partial charge in [0.1, 0.15) is 11.2 Å². The molecule has 0 saturated heterocycles. The summed E-state index contributed by atoms with van der Waals surface area (Å²) >= 11 is 1.63. The number of rotatable bonds is 5. The first kappa shape index (κ1) is 21.2. The van der Waals surface area contributed by atoms with Crippen LogP contribution in [-0.4, -0.2) is 36.0 Å². The van der Waals surface area contributed by atoms with Crippen LogP contribution in [0.25, 0.3) is 55.8 Å². The van der Waals surface area contributed by atoms with Gasteiger partial charge in [0.05, 0.1) is 28.6 Å². The van der Waals surface area contributed by atoms with Crippen molar-refractivity contribution in [2.45, 2.75) is 13.8 Å². The van der Waals surface area contributed by atoms with Crippen LogP contribution >= 0.6 is 11.3 Å². The monoisotopic (exact) mass is 479 g/mol. The zero-order chi connectivity index (χ0) is 23.9. The van der Waals surface area contributed by atoms with Crippen LogP contribution in [0, 0.1) is 5.92 Å². The highest BCUT2D eigenvalue weighted by Crippen LogP contribution is 2.33. The van der Waals surface area contributed by atoms with Crippen molar-refractivity contribution in [3.63, 3.8) is 0 Å². The van der Waals surface area contributed by atoms with Crippen LogP contribution in [0.15, 0.2) is 65.7 Å². The second-order valence-corrected chi connectivity index (χ2v) is 9.37. The third-order valence-corrected chi connectivity index (χ3v) is 6.53. The minimum atomic E-state index is -0.109. The van der Waals surface area contributed by atoms with E-state index in [0.717, 1.165) is 50.0 Å². The molecule has 0 radical (unpaired) electrons. The van der Waals surface area contributed by atoms with Crippen molar-refractivity contribution < 1.29 is 4.79 Å². The van der Waals surface area contributed by atoms with Gasteiger partial charge in [0, 0.05) is 40.2 Å². The maximum absolute atomic E-state index is 12.1. The molecular weight excluding hydrogens is 458 g/mol. The number of hydrogen-bond acceptors (Lipinski definition) is 6. The zero-order valence-corrected chi connectivity index (χ0v) is 19.9. The fourth-order valence-electron chi connectivity index (χ4n) is 3.98. The van der Waals surface area contributed by atoms with Crippen LogP contribution in [0.5, 0.6) is 0 Å². The van der Waals surface area contributed by atoms with Gasteiger partial charge in [-0.05, 0) is 41.3 Å². The summed E-state index contributed by atoms with van der Waals surface area (Å²) in [5.41, 5.74) is 7.76. The molecule has 0 bridgehead atoms. The van der Waals surface area contributed by atoms with E-state index in [2.05, 4.69) is 41.9 Å². The standard InChI is InChI=1S/C26H21N7OS/c1-14(2)26(34)29-18-9-17(11-27-12-18)15-3-4-20-19(10-15)23(33-32-20)25-30-21-5-7-28-22(24(21)31-25)16-6-8-35-13-16/h3-14H,1-2H3,(H,29,34)(H,30,31)(H,32,33). The molecule has 0 atom stereocenters. The first-order chi connectivity index (χ1) is 17.1. The van der Waals surface area contributed by atoms with Gasteiger partial charge in [-0.15, -0.1) is 0 Å². The number of hydrogen-bond donors (Lipinski definition) is 3. The van der Waals surface area contributed by atoms with E-state index in [9.17, 15) is 4.79 Å². The molecule has 1 amide bonds. The first-order valence-corrected chi connectivity index (χ1v) is 12.1. The number of H-pyrrole nitrogens is 2. The Morgan fingerprint density at radius 1 is 1.00 bits per heavy atom. The Balaban J connectivity index is 1.41. The Morgan fingerprint density at radius 2 is 1.91 bits per heavy atom. The summed E-state index contributed by atoms with van der Waals surface area (Å²) in [5.74, 6) is 0.518. The van der Waals surface area contributed by atoms with Gasteiger partial charge in [0.2, 0.25) is 5.91 Å². The fraction of sp³-hybridized carbons (Fsp3) is 0.115. The summed E-state index contributed by atoms with van der Waals surface area (Å²) in [5, 5.41) is 15.6. The lowest BCUT2D eigenvalue weighted by molar-refractivity contribution is -0.118. The van der Waals surface area contributed by atoms with Crippen molar-refractivity contribution >= 4 is 44.9 Å². The number of pyridine rings is 2. The van der Waals surface area contributed by atoms with Crippen molar-refractivity contribution in [3.05, 3.63) is 65.7 Å². The van der Waals surface area contributed by atoms with E-state index in [4.69, 9.17) is 4.98 Å². The average Bonchev–Trinajstić information content (AvgIpc) is 3.62. The van der Waals surface area contributed by atoms with Gasteiger partial charge in [-0.2, -0.15) is 16.4 Å². The topological polar surface area (TPSA) is 112 Å². The van der Waals surface area contributed by atoms with Crippen LogP contribution in [-0.2, 0) is 4.79 Å². The van der Waals surface area contributed by atoms with E-state index in [1.165, 1.54) is 0 Å². The van der Waals surface area contributed by atoms with Gasteiger partial charge in [0.15, 0.2) is 5.82 Å². The molecule has 0 saturated carbocycles. The number of carbonyl (C=O) groups excluding carboxylic acids is 1.